The third-order valence-corrected chi connectivity index (χ3v) is 8.99. The second-order valence-corrected chi connectivity index (χ2v) is 11.8. The zero-order chi connectivity index (χ0) is 31.0. The first kappa shape index (κ1) is 30.3. The number of aliphatic hydroxyl groups is 1. The quantitative estimate of drug-likeness (QED) is 0.218. The third kappa shape index (κ3) is 5.98. The number of likely N-dealkylation sites (tertiary alicyclic amines) is 1. The van der Waals surface area contributed by atoms with Gasteiger partial charge in [-0.05, 0) is 35.6 Å². The van der Waals surface area contributed by atoms with E-state index in [1.807, 2.05) is 42.5 Å². The van der Waals surface area contributed by atoms with Crippen molar-refractivity contribution in [2.24, 2.45) is 0 Å². The van der Waals surface area contributed by atoms with Gasteiger partial charge in [0.15, 0.2) is 0 Å². The molecule has 2 heterocycles. The van der Waals surface area contributed by atoms with Gasteiger partial charge in [0.1, 0.15) is 11.4 Å². The minimum atomic E-state index is -0.883. The number of carbonyl (C=O) groups is 1. The highest BCUT2D eigenvalue weighted by Gasteiger charge is 2.28. The molecule has 44 heavy (non-hydrogen) atoms. The molecule has 228 valence electrons. The van der Waals surface area contributed by atoms with E-state index in [1.165, 1.54) is 0 Å². The van der Waals surface area contributed by atoms with Gasteiger partial charge in [-0.15, -0.1) is 0 Å². The number of β-amino-alcohol motifs (C(OH)–C–C–N with tert-alkyl or cyclic N) is 1. The number of nitrogens with zero attached hydrogens (tertiary/aromatic N) is 3. The highest BCUT2D eigenvalue weighted by atomic mass is 35.5. The average molecular weight is 636 g/mol. The minimum Gasteiger partial charge on any atom is -0.496 e. The molecule has 1 saturated heterocycles. The van der Waals surface area contributed by atoms with E-state index in [0.717, 1.165) is 39.1 Å². The van der Waals surface area contributed by atoms with Crippen molar-refractivity contribution in [1.82, 2.24) is 20.2 Å². The van der Waals surface area contributed by atoms with Crippen molar-refractivity contribution in [3.8, 4) is 45.1 Å². The van der Waals surface area contributed by atoms with Crippen LogP contribution in [0.1, 0.15) is 16.8 Å². The number of benzene rings is 3. The predicted molar refractivity (Wildman–Crippen MR) is 170 cm³/mol. The average Bonchev–Trinajstić information content (AvgIpc) is 3.42. The predicted octanol–water partition coefficient (Wildman–Crippen LogP) is 5.12. The molecular weight excluding hydrogens is 603 g/mol. The maximum atomic E-state index is 11.1. The number of halogens is 2. The Labute approximate surface area is 265 Å². The molecule has 6 rings (SSSR count). The lowest BCUT2D eigenvalue weighted by molar-refractivity contribution is -0.136. The number of carboxylic acid groups (broad SMARTS) is 1. The normalized spacial score (nSPS) is 16.4. The van der Waals surface area contributed by atoms with E-state index < -0.39 is 5.97 Å². The summed E-state index contributed by atoms with van der Waals surface area (Å²) in [4.78, 5) is 22.5. The minimum absolute atomic E-state index is 0.0213. The Hall–Kier alpha value is -3.73. The number of methoxy groups -OCH3 is 2. The summed E-state index contributed by atoms with van der Waals surface area (Å²) in [6, 6.07) is 15.7. The van der Waals surface area contributed by atoms with Crippen LogP contribution in [0.25, 0.3) is 33.5 Å². The van der Waals surface area contributed by atoms with E-state index in [9.17, 15) is 9.90 Å². The highest BCUT2D eigenvalue weighted by molar-refractivity contribution is 6.39. The molecule has 1 aromatic heterocycles. The number of aromatic nitrogens is 2. The molecule has 0 bridgehead atoms. The van der Waals surface area contributed by atoms with Gasteiger partial charge in [0.25, 0.3) is 0 Å². The van der Waals surface area contributed by atoms with Crippen molar-refractivity contribution in [1.29, 1.82) is 0 Å². The Bertz CT molecular complexity index is 1730. The van der Waals surface area contributed by atoms with Gasteiger partial charge in [0.05, 0.1) is 48.8 Å². The van der Waals surface area contributed by atoms with Crippen molar-refractivity contribution in [2.75, 3.05) is 33.9 Å². The maximum Gasteiger partial charge on any atom is 0.317 e. The standard InChI is InChI=1S/C33H32Cl2N4O5/c1-43-29-11-19(9-18-10-20(12-26(18)29)36-14-30(41)42)22-5-3-6-23(31(22)34)24-7-4-8-25(32(24)35)27-13-37-28(33(38-27)44-2)17-39-15-21(40)16-39/h3-9,11,13,20-21,36,40H,10,12,14-17H2,1-2H3,(H,41,42). The number of nitrogens with one attached hydrogen (secondary N) is 1. The van der Waals surface area contributed by atoms with Crippen LogP contribution >= 0.6 is 23.2 Å². The number of carboxylic acids is 1. The lowest BCUT2D eigenvalue weighted by Crippen LogP contribution is -2.50. The molecule has 4 aromatic rings. The largest absolute Gasteiger partial charge is 0.496 e. The summed E-state index contributed by atoms with van der Waals surface area (Å²) < 4.78 is 11.3. The molecule has 0 spiro atoms. The van der Waals surface area contributed by atoms with Crippen LogP contribution < -0.4 is 14.8 Å². The van der Waals surface area contributed by atoms with Crippen molar-refractivity contribution in [3.63, 3.8) is 0 Å². The topological polar surface area (TPSA) is 117 Å². The fourth-order valence-corrected chi connectivity index (χ4v) is 6.66. The molecule has 11 heteroatoms. The molecule has 3 N–H and O–H groups in total. The van der Waals surface area contributed by atoms with Crippen LogP contribution in [0.5, 0.6) is 11.6 Å². The molecule has 0 amide bonds. The van der Waals surface area contributed by atoms with Gasteiger partial charge < -0.3 is 25.0 Å². The highest BCUT2D eigenvalue weighted by Crippen LogP contribution is 2.44. The van der Waals surface area contributed by atoms with Gasteiger partial charge in [-0.1, -0.05) is 65.7 Å². The van der Waals surface area contributed by atoms with E-state index in [0.29, 0.717) is 65.4 Å². The summed E-state index contributed by atoms with van der Waals surface area (Å²) in [6.45, 7) is 1.65. The third-order valence-electron chi connectivity index (χ3n) is 8.17. The zero-order valence-corrected chi connectivity index (χ0v) is 25.8. The lowest BCUT2D eigenvalue weighted by atomic mass is 9.95. The Morgan fingerprint density at radius 3 is 2.34 bits per heavy atom. The number of fused-ring (bicyclic) bond motifs is 1. The van der Waals surface area contributed by atoms with Gasteiger partial charge >= 0.3 is 5.97 Å². The number of hydrogen-bond acceptors (Lipinski definition) is 8. The molecule has 1 unspecified atom stereocenters. The maximum absolute atomic E-state index is 11.1. The first-order chi connectivity index (χ1) is 21.2. The van der Waals surface area contributed by atoms with Gasteiger partial charge in [-0.2, -0.15) is 0 Å². The molecule has 0 radical (unpaired) electrons. The van der Waals surface area contributed by atoms with E-state index in [-0.39, 0.29) is 18.7 Å². The first-order valence-corrected chi connectivity index (χ1v) is 15.0. The fraction of sp³-hybridized carbons (Fsp3) is 0.303. The number of ether oxygens (including phenoxy) is 2. The molecule has 9 nitrogen and oxygen atoms in total. The van der Waals surface area contributed by atoms with E-state index in [4.69, 9.17) is 42.8 Å². The van der Waals surface area contributed by atoms with Crippen LogP contribution in [0, 0.1) is 0 Å². The van der Waals surface area contributed by atoms with E-state index in [2.05, 4.69) is 21.3 Å². The lowest BCUT2D eigenvalue weighted by Gasteiger charge is -2.35. The summed E-state index contributed by atoms with van der Waals surface area (Å²) >= 11 is 14.1. The molecule has 2 aliphatic rings. The van der Waals surface area contributed by atoms with Crippen molar-refractivity contribution in [3.05, 3.63) is 81.6 Å². The van der Waals surface area contributed by atoms with Crippen LogP contribution in [0.4, 0.5) is 0 Å². The van der Waals surface area contributed by atoms with Crippen LogP contribution in [-0.4, -0.2) is 77.0 Å². The van der Waals surface area contributed by atoms with Crippen LogP contribution in [0.2, 0.25) is 10.0 Å². The zero-order valence-electron chi connectivity index (χ0n) is 24.3. The molecule has 3 aromatic carbocycles. The van der Waals surface area contributed by atoms with Crippen molar-refractivity contribution >= 4 is 29.2 Å². The number of rotatable bonds is 10. The van der Waals surface area contributed by atoms with E-state index >= 15 is 0 Å². The Morgan fingerprint density at radius 2 is 1.68 bits per heavy atom. The van der Waals surface area contributed by atoms with Gasteiger partial charge in [0.2, 0.25) is 5.88 Å². The van der Waals surface area contributed by atoms with Crippen molar-refractivity contribution < 1.29 is 24.5 Å². The Balaban J connectivity index is 1.32. The Morgan fingerprint density at radius 1 is 1.00 bits per heavy atom. The summed E-state index contributed by atoms with van der Waals surface area (Å²) in [6.07, 6.45) is 2.77. The number of aliphatic carboxylic acids is 1. The summed E-state index contributed by atoms with van der Waals surface area (Å²) in [5.74, 6) is 0.281. The van der Waals surface area contributed by atoms with Gasteiger partial charge in [-0.25, -0.2) is 4.98 Å². The van der Waals surface area contributed by atoms with Gasteiger partial charge in [0, 0.05) is 47.9 Å². The summed E-state index contributed by atoms with van der Waals surface area (Å²) in [7, 11) is 3.20. The fourth-order valence-electron chi connectivity index (χ4n) is 6.00. The second kappa shape index (κ2) is 12.7. The summed E-state index contributed by atoms with van der Waals surface area (Å²) in [5.41, 5.74) is 7.39. The summed E-state index contributed by atoms with van der Waals surface area (Å²) in [5, 5.41) is 22.8. The molecule has 1 aliphatic carbocycles. The first-order valence-electron chi connectivity index (χ1n) is 14.3. The monoisotopic (exact) mass is 634 g/mol. The van der Waals surface area contributed by atoms with Crippen LogP contribution in [0.3, 0.4) is 0 Å². The number of hydrogen-bond donors (Lipinski definition) is 3. The SMILES string of the molecule is COc1cc(-c2cccc(-c3cccc(-c4cnc(CN5CC(O)C5)c(OC)n4)c3Cl)c2Cl)cc2c1CC(NCC(=O)O)C2. The smallest absolute Gasteiger partial charge is 0.317 e. The van der Waals surface area contributed by atoms with E-state index in [1.54, 1.807) is 20.4 Å². The number of aliphatic hydroxyl groups excluding tert-OH is 1. The van der Waals surface area contributed by atoms with Gasteiger partial charge in [-0.3, -0.25) is 14.7 Å². The molecule has 1 aliphatic heterocycles. The van der Waals surface area contributed by atoms with Crippen LogP contribution in [-0.2, 0) is 24.2 Å². The van der Waals surface area contributed by atoms with Crippen LogP contribution in [0.15, 0.2) is 54.7 Å². The van der Waals surface area contributed by atoms with Crippen molar-refractivity contribution in [2.45, 2.75) is 31.5 Å². The Kier molecular flexibility index (Phi) is 8.75. The molecule has 1 fully saturated rings. The second-order valence-electron chi connectivity index (χ2n) is 11.1. The molecular formula is C33H32Cl2N4O5. The molecule has 0 saturated carbocycles. The molecule has 1 atom stereocenters.